The van der Waals surface area contributed by atoms with Crippen molar-refractivity contribution in [2.75, 3.05) is 23.9 Å². The highest BCUT2D eigenvalue weighted by Crippen LogP contribution is 2.34. The molecule has 1 aromatic heterocycles. The van der Waals surface area contributed by atoms with Crippen LogP contribution in [0.3, 0.4) is 0 Å². The molecule has 1 fully saturated rings. The molecule has 148 valence electrons. The highest BCUT2D eigenvalue weighted by molar-refractivity contribution is 6.32. The largest absolute Gasteiger partial charge is 0.494 e. The van der Waals surface area contributed by atoms with E-state index in [2.05, 4.69) is 10.4 Å². The van der Waals surface area contributed by atoms with Crippen molar-refractivity contribution >= 4 is 34.8 Å². The van der Waals surface area contributed by atoms with Crippen molar-refractivity contribution in [1.82, 2.24) is 9.78 Å². The lowest BCUT2D eigenvalue weighted by molar-refractivity contribution is -0.117. The van der Waals surface area contributed by atoms with E-state index in [0.717, 1.165) is 6.42 Å². The highest BCUT2D eigenvalue weighted by atomic mass is 35.5. The molecule has 1 N–H and O–H groups in total. The van der Waals surface area contributed by atoms with Gasteiger partial charge in [-0.25, -0.2) is 4.68 Å². The van der Waals surface area contributed by atoms with Gasteiger partial charge in [0.15, 0.2) is 5.69 Å². The Hall–Kier alpha value is -3.32. The number of nitrogens with zero attached hydrogens (tertiary/aromatic N) is 3. The van der Waals surface area contributed by atoms with E-state index >= 15 is 0 Å². The van der Waals surface area contributed by atoms with E-state index in [0.29, 0.717) is 40.8 Å². The van der Waals surface area contributed by atoms with E-state index in [1.807, 2.05) is 18.2 Å². The van der Waals surface area contributed by atoms with Gasteiger partial charge in [0.25, 0.3) is 5.91 Å². The van der Waals surface area contributed by atoms with Crippen LogP contribution in [-0.2, 0) is 4.79 Å². The first-order valence-corrected chi connectivity index (χ1v) is 9.55. The number of rotatable bonds is 5. The maximum absolute atomic E-state index is 12.6. The van der Waals surface area contributed by atoms with Crippen LogP contribution in [0, 0.1) is 0 Å². The Morgan fingerprint density at radius 3 is 2.72 bits per heavy atom. The van der Waals surface area contributed by atoms with Crippen molar-refractivity contribution in [2.24, 2.45) is 0 Å². The maximum Gasteiger partial charge on any atom is 0.276 e. The van der Waals surface area contributed by atoms with E-state index in [1.165, 1.54) is 7.11 Å². The van der Waals surface area contributed by atoms with Crippen LogP contribution in [-0.4, -0.2) is 35.2 Å². The summed E-state index contributed by atoms with van der Waals surface area (Å²) in [5.41, 5.74) is 2.20. The summed E-state index contributed by atoms with van der Waals surface area (Å²) in [4.78, 5) is 26.3. The molecule has 0 bridgehead atoms. The van der Waals surface area contributed by atoms with Gasteiger partial charge in [-0.2, -0.15) is 5.10 Å². The molecule has 2 heterocycles. The van der Waals surface area contributed by atoms with Crippen LogP contribution in [0.15, 0.2) is 54.7 Å². The molecule has 0 saturated carbocycles. The lowest BCUT2D eigenvalue weighted by Crippen LogP contribution is -2.24. The van der Waals surface area contributed by atoms with Gasteiger partial charge in [-0.05, 0) is 36.8 Å². The molecular weight excluding hydrogens is 392 g/mol. The molecule has 0 radical (unpaired) electrons. The van der Waals surface area contributed by atoms with Crippen LogP contribution in [0.25, 0.3) is 5.69 Å². The molecule has 1 aliphatic heterocycles. The number of hydrogen-bond acceptors (Lipinski definition) is 4. The lowest BCUT2D eigenvalue weighted by atomic mass is 10.2. The van der Waals surface area contributed by atoms with Crippen LogP contribution < -0.4 is 15.0 Å². The second-order valence-corrected chi connectivity index (χ2v) is 6.99. The van der Waals surface area contributed by atoms with Crippen LogP contribution >= 0.6 is 11.6 Å². The normalized spacial score (nSPS) is 13.6. The molecule has 1 saturated heterocycles. The Morgan fingerprint density at radius 1 is 1.17 bits per heavy atom. The Balaban J connectivity index is 1.53. The summed E-state index contributed by atoms with van der Waals surface area (Å²) in [6.45, 7) is 0.667. The summed E-state index contributed by atoms with van der Waals surface area (Å²) in [7, 11) is 1.54. The maximum atomic E-state index is 12.6. The van der Waals surface area contributed by atoms with Crippen LogP contribution in [0.1, 0.15) is 23.3 Å². The third-order valence-corrected chi connectivity index (χ3v) is 5.04. The fourth-order valence-corrected chi connectivity index (χ4v) is 3.52. The lowest BCUT2D eigenvalue weighted by Gasteiger charge is -2.19. The molecule has 1 aliphatic rings. The molecule has 0 spiro atoms. The van der Waals surface area contributed by atoms with E-state index in [9.17, 15) is 9.59 Å². The molecule has 2 aromatic carbocycles. The smallest absolute Gasteiger partial charge is 0.276 e. The predicted octanol–water partition coefficient (Wildman–Crippen LogP) is 3.91. The van der Waals surface area contributed by atoms with Crippen molar-refractivity contribution in [3.8, 4) is 11.4 Å². The average Bonchev–Trinajstić information content (AvgIpc) is 3.37. The molecule has 29 heavy (non-hydrogen) atoms. The first kappa shape index (κ1) is 19.0. The molecule has 0 aliphatic carbocycles. The van der Waals surface area contributed by atoms with Crippen molar-refractivity contribution < 1.29 is 14.3 Å². The van der Waals surface area contributed by atoms with Gasteiger partial charge in [0.2, 0.25) is 5.91 Å². The van der Waals surface area contributed by atoms with Gasteiger partial charge in [-0.1, -0.05) is 23.7 Å². The SMILES string of the molecule is COc1cc(NC(=O)c2ccn(-c3ccccc3Cl)n2)ccc1N1CCCC1=O. The fourth-order valence-electron chi connectivity index (χ4n) is 3.29. The number of para-hydroxylation sites is 1. The zero-order valence-corrected chi connectivity index (χ0v) is 16.5. The highest BCUT2D eigenvalue weighted by Gasteiger charge is 2.24. The Kier molecular flexibility index (Phi) is 5.22. The number of aromatic nitrogens is 2. The number of halogens is 1. The molecule has 0 unspecified atom stereocenters. The second kappa shape index (κ2) is 7.97. The Labute approximate surface area is 172 Å². The van der Waals surface area contributed by atoms with Crippen molar-refractivity contribution in [3.05, 3.63) is 65.4 Å². The molecule has 4 rings (SSSR count). The molecule has 0 atom stereocenters. The Morgan fingerprint density at radius 2 is 2.00 bits per heavy atom. The minimum Gasteiger partial charge on any atom is -0.494 e. The number of amides is 2. The summed E-state index contributed by atoms with van der Waals surface area (Å²) >= 11 is 6.19. The summed E-state index contributed by atoms with van der Waals surface area (Å²) in [5, 5.41) is 7.66. The van der Waals surface area contributed by atoms with Crippen molar-refractivity contribution in [2.45, 2.75) is 12.8 Å². The van der Waals surface area contributed by atoms with E-state index in [-0.39, 0.29) is 17.5 Å². The summed E-state index contributed by atoms with van der Waals surface area (Å²) < 4.78 is 6.99. The van der Waals surface area contributed by atoms with Crippen molar-refractivity contribution in [1.29, 1.82) is 0 Å². The number of carbonyl (C=O) groups is 2. The summed E-state index contributed by atoms with van der Waals surface area (Å²) in [5.74, 6) is 0.243. The minimum absolute atomic E-state index is 0.0743. The zero-order valence-electron chi connectivity index (χ0n) is 15.8. The van der Waals surface area contributed by atoms with Crippen LogP contribution in [0.2, 0.25) is 5.02 Å². The second-order valence-electron chi connectivity index (χ2n) is 6.59. The minimum atomic E-state index is -0.358. The van der Waals surface area contributed by atoms with Gasteiger partial charge in [-0.15, -0.1) is 0 Å². The third-order valence-electron chi connectivity index (χ3n) is 4.72. The van der Waals surface area contributed by atoms with E-state index in [4.69, 9.17) is 16.3 Å². The number of hydrogen-bond donors (Lipinski definition) is 1. The van der Waals surface area contributed by atoms with E-state index in [1.54, 1.807) is 46.1 Å². The molecule has 2 amide bonds. The molecule has 7 nitrogen and oxygen atoms in total. The standard InChI is InChI=1S/C21H19ClN4O3/c1-29-19-13-14(8-9-18(19)25-11-4-7-20(25)27)23-21(28)16-10-12-26(24-16)17-6-3-2-5-15(17)22/h2-3,5-6,8-10,12-13H,4,7,11H2,1H3,(H,23,28). The predicted molar refractivity (Wildman–Crippen MR) is 111 cm³/mol. The van der Waals surface area contributed by atoms with Gasteiger partial charge in [0.1, 0.15) is 5.75 Å². The third kappa shape index (κ3) is 3.82. The number of methoxy groups -OCH3 is 1. The van der Waals surface area contributed by atoms with Crippen LogP contribution in [0.4, 0.5) is 11.4 Å². The number of carbonyl (C=O) groups excluding carboxylic acids is 2. The summed E-state index contributed by atoms with van der Waals surface area (Å²) in [6.07, 6.45) is 3.04. The first-order valence-electron chi connectivity index (χ1n) is 9.17. The topological polar surface area (TPSA) is 76.5 Å². The van der Waals surface area contributed by atoms with Crippen LogP contribution in [0.5, 0.6) is 5.75 Å². The first-order chi connectivity index (χ1) is 14.1. The number of anilines is 2. The Bertz CT molecular complexity index is 1080. The molecule has 3 aromatic rings. The number of ether oxygens (including phenoxy) is 1. The monoisotopic (exact) mass is 410 g/mol. The van der Waals surface area contributed by atoms with Gasteiger partial charge in [-0.3, -0.25) is 9.59 Å². The number of nitrogens with one attached hydrogen (secondary N) is 1. The van der Waals surface area contributed by atoms with Gasteiger partial charge in [0, 0.05) is 30.9 Å². The number of benzene rings is 2. The van der Waals surface area contributed by atoms with Gasteiger partial charge >= 0.3 is 0 Å². The zero-order chi connectivity index (χ0) is 20.4. The van der Waals surface area contributed by atoms with E-state index < -0.39 is 0 Å². The quantitative estimate of drug-likeness (QED) is 0.691. The average molecular weight is 411 g/mol. The van der Waals surface area contributed by atoms with Gasteiger partial charge < -0.3 is 15.0 Å². The summed E-state index contributed by atoms with van der Waals surface area (Å²) in [6, 6.07) is 14.1. The fraction of sp³-hybridized carbons (Fsp3) is 0.190. The molecule has 8 heteroatoms. The molecular formula is C21H19ClN4O3. The van der Waals surface area contributed by atoms with Gasteiger partial charge in [0.05, 0.1) is 23.5 Å². The van der Waals surface area contributed by atoms with Crippen molar-refractivity contribution in [3.63, 3.8) is 0 Å².